The Labute approximate surface area is 104 Å². The summed E-state index contributed by atoms with van der Waals surface area (Å²) < 4.78 is 0. The number of hydrogen-bond acceptors (Lipinski definition) is 4. The van der Waals surface area contributed by atoms with Crippen molar-refractivity contribution in [3.05, 3.63) is 0 Å². The molecule has 1 rings (SSSR count). The van der Waals surface area contributed by atoms with E-state index in [-0.39, 0.29) is 11.9 Å². The summed E-state index contributed by atoms with van der Waals surface area (Å²) in [4.78, 5) is 13.8. The lowest BCUT2D eigenvalue weighted by Crippen LogP contribution is -2.49. The molecule has 0 saturated carbocycles. The minimum atomic E-state index is -0.0764. The molecule has 0 aliphatic carbocycles. The van der Waals surface area contributed by atoms with Crippen LogP contribution in [0.15, 0.2) is 0 Å². The highest BCUT2D eigenvalue weighted by Gasteiger charge is 2.25. The summed E-state index contributed by atoms with van der Waals surface area (Å²) in [6, 6.07) is 0.873. The second kappa shape index (κ2) is 7.63. The van der Waals surface area contributed by atoms with E-state index in [2.05, 4.69) is 29.5 Å². The maximum absolute atomic E-state index is 11.3. The molecular formula is C12H26N4O. The van der Waals surface area contributed by atoms with Gasteiger partial charge in [0.2, 0.25) is 5.91 Å². The number of carbonyl (C=O) groups excluding carboxylic acids is 1. The summed E-state index contributed by atoms with van der Waals surface area (Å²) in [5.74, 6) is 5.07. The number of hydrogen-bond donors (Lipinski definition) is 3. The summed E-state index contributed by atoms with van der Waals surface area (Å²) in [6.07, 6.45) is 3.96. The van der Waals surface area contributed by atoms with E-state index in [0.29, 0.717) is 12.5 Å². The van der Waals surface area contributed by atoms with Crippen molar-refractivity contribution in [3.8, 4) is 0 Å². The molecule has 0 aromatic rings. The fourth-order valence-corrected chi connectivity index (χ4v) is 2.60. The van der Waals surface area contributed by atoms with Crippen molar-refractivity contribution < 1.29 is 4.79 Å². The molecule has 5 heteroatoms. The minimum absolute atomic E-state index is 0.0764. The normalized spacial score (nSPS) is 19.3. The molecule has 4 N–H and O–H groups in total. The van der Waals surface area contributed by atoms with Crippen LogP contribution in [0.2, 0.25) is 0 Å². The van der Waals surface area contributed by atoms with Gasteiger partial charge >= 0.3 is 0 Å². The molecule has 1 heterocycles. The maximum atomic E-state index is 11.3. The Morgan fingerprint density at radius 1 is 1.53 bits per heavy atom. The first kappa shape index (κ1) is 14.4. The lowest BCUT2D eigenvalue weighted by Gasteiger charge is -2.38. The topological polar surface area (TPSA) is 70.4 Å². The molecule has 5 nitrogen and oxygen atoms in total. The predicted molar refractivity (Wildman–Crippen MR) is 69.3 cm³/mol. The average molecular weight is 242 g/mol. The molecule has 1 unspecified atom stereocenters. The van der Waals surface area contributed by atoms with Gasteiger partial charge in [-0.1, -0.05) is 6.92 Å². The van der Waals surface area contributed by atoms with E-state index in [4.69, 9.17) is 5.84 Å². The van der Waals surface area contributed by atoms with Crippen molar-refractivity contribution in [1.82, 2.24) is 15.6 Å². The average Bonchev–Trinajstić information content (AvgIpc) is 2.36. The van der Waals surface area contributed by atoms with Crippen LogP contribution in [0.25, 0.3) is 0 Å². The lowest BCUT2D eigenvalue weighted by molar-refractivity contribution is -0.122. The van der Waals surface area contributed by atoms with Crippen LogP contribution in [0.3, 0.4) is 0 Å². The zero-order valence-corrected chi connectivity index (χ0v) is 11.0. The molecule has 0 aromatic carbocycles. The van der Waals surface area contributed by atoms with E-state index >= 15 is 0 Å². The Bertz CT molecular complexity index is 229. The molecule has 0 spiro atoms. The van der Waals surface area contributed by atoms with Crippen molar-refractivity contribution in [2.24, 2.45) is 5.84 Å². The third-order valence-electron chi connectivity index (χ3n) is 3.47. The molecular weight excluding hydrogens is 216 g/mol. The van der Waals surface area contributed by atoms with Gasteiger partial charge in [0.05, 0.1) is 0 Å². The molecule has 1 aliphatic heterocycles. The van der Waals surface area contributed by atoms with Gasteiger partial charge in [0.1, 0.15) is 0 Å². The highest BCUT2D eigenvalue weighted by atomic mass is 16.2. The highest BCUT2D eigenvalue weighted by molar-refractivity contribution is 5.75. The highest BCUT2D eigenvalue weighted by Crippen LogP contribution is 2.17. The number of amides is 1. The quantitative estimate of drug-likeness (QED) is 0.354. The fraction of sp³-hybridized carbons (Fsp3) is 0.917. The summed E-state index contributed by atoms with van der Waals surface area (Å²) in [7, 11) is 0. The van der Waals surface area contributed by atoms with E-state index in [1.54, 1.807) is 0 Å². The number of rotatable bonds is 6. The van der Waals surface area contributed by atoms with E-state index in [1.165, 1.54) is 12.8 Å². The number of nitrogens with zero attached hydrogens (tertiary/aromatic N) is 1. The van der Waals surface area contributed by atoms with Crippen molar-refractivity contribution in [3.63, 3.8) is 0 Å². The largest absolute Gasteiger partial charge is 0.317 e. The minimum Gasteiger partial charge on any atom is -0.317 e. The molecule has 1 aliphatic rings. The van der Waals surface area contributed by atoms with Gasteiger partial charge in [-0.15, -0.1) is 0 Å². The van der Waals surface area contributed by atoms with Gasteiger partial charge in [0.15, 0.2) is 0 Å². The third kappa shape index (κ3) is 4.61. The molecule has 1 amide bonds. The molecule has 100 valence electrons. The van der Waals surface area contributed by atoms with Gasteiger partial charge in [-0.3, -0.25) is 15.1 Å². The third-order valence-corrected chi connectivity index (χ3v) is 3.47. The second-order valence-electron chi connectivity index (χ2n) is 4.84. The smallest absolute Gasteiger partial charge is 0.235 e. The van der Waals surface area contributed by atoms with E-state index in [0.717, 1.165) is 26.1 Å². The number of piperidine rings is 1. The summed E-state index contributed by atoms with van der Waals surface area (Å²) in [6.45, 7) is 7.53. The van der Waals surface area contributed by atoms with Crippen LogP contribution in [0, 0.1) is 0 Å². The standard InChI is InChI=1S/C12H26N4O/c1-3-8-16(10(2)9-12(17)15-13)11-4-6-14-7-5-11/h10-11,14H,3-9,13H2,1-2H3,(H,15,17). The number of carbonyl (C=O) groups is 1. The van der Waals surface area contributed by atoms with Crippen LogP contribution in [-0.2, 0) is 4.79 Å². The Morgan fingerprint density at radius 3 is 2.71 bits per heavy atom. The summed E-state index contributed by atoms with van der Waals surface area (Å²) >= 11 is 0. The van der Waals surface area contributed by atoms with Gasteiger partial charge in [0, 0.05) is 18.5 Å². The SMILES string of the molecule is CCCN(C(C)CC(=O)NN)C1CCNCC1. The fourth-order valence-electron chi connectivity index (χ4n) is 2.60. The van der Waals surface area contributed by atoms with Crippen LogP contribution >= 0.6 is 0 Å². The van der Waals surface area contributed by atoms with Crippen molar-refractivity contribution >= 4 is 5.91 Å². The van der Waals surface area contributed by atoms with E-state index in [1.807, 2.05) is 0 Å². The second-order valence-corrected chi connectivity index (χ2v) is 4.84. The zero-order valence-electron chi connectivity index (χ0n) is 11.0. The van der Waals surface area contributed by atoms with Gasteiger partial charge in [-0.25, -0.2) is 5.84 Å². The van der Waals surface area contributed by atoms with Crippen LogP contribution in [0.5, 0.6) is 0 Å². The predicted octanol–water partition coefficient (Wildman–Crippen LogP) is 0.219. The first-order valence-corrected chi connectivity index (χ1v) is 6.65. The molecule has 0 bridgehead atoms. The number of hydrazine groups is 1. The molecule has 1 fully saturated rings. The summed E-state index contributed by atoms with van der Waals surface area (Å²) in [5.41, 5.74) is 2.22. The van der Waals surface area contributed by atoms with Crippen molar-refractivity contribution in [2.45, 2.75) is 51.6 Å². The van der Waals surface area contributed by atoms with E-state index in [9.17, 15) is 4.79 Å². The molecule has 1 atom stereocenters. The summed E-state index contributed by atoms with van der Waals surface area (Å²) in [5, 5.41) is 3.38. The monoisotopic (exact) mass is 242 g/mol. The first-order chi connectivity index (χ1) is 8.19. The van der Waals surface area contributed by atoms with Crippen LogP contribution < -0.4 is 16.6 Å². The molecule has 17 heavy (non-hydrogen) atoms. The van der Waals surface area contributed by atoms with Gasteiger partial charge in [0.25, 0.3) is 0 Å². The first-order valence-electron chi connectivity index (χ1n) is 6.65. The Balaban J connectivity index is 2.53. The molecule has 0 aromatic heterocycles. The van der Waals surface area contributed by atoms with Gasteiger partial charge < -0.3 is 5.32 Å². The maximum Gasteiger partial charge on any atom is 0.235 e. The van der Waals surface area contributed by atoms with Crippen molar-refractivity contribution in [2.75, 3.05) is 19.6 Å². The van der Waals surface area contributed by atoms with Crippen LogP contribution in [0.4, 0.5) is 0 Å². The van der Waals surface area contributed by atoms with Gasteiger partial charge in [-0.05, 0) is 45.8 Å². The van der Waals surface area contributed by atoms with E-state index < -0.39 is 0 Å². The Kier molecular flexibility index (Phi) is 6.47. The van der Waals surface area contributed by atoms with Gasteiger partial charge in [-0.2, -0.15) is 0 Å². The molecule has 0 radical (unpaired) electrons. The Hall–Kier alpha value is -0.650. The van der Waals surface area contributed by atoms with Crippen molar-refractivity contribution in [1.29, 1.82) is 0 Å². The lowest BCUT2D eigenvalue weighted by atomic mass is 10.0. The van der Waals surface area contributed by atoms with Crippen LogP contribution in [0.1, 0.15) is 39.5 Å². The molecule has 1 saturated heterocycles. The number of nitrogens with one attached hydrogen (secondary N) is 2. The Morgan fingerprint density at radius 2 is 2.18 bits per heavy atom. The zero-order chi connectivity index (χ0) is 12.7. The number of nitrogens with two attached hydrogens (primary N) is 1. The van der Waals surface area contributed by atoms with Crippen LogP contribution in [-0.4, -0.2) is 42.5 Å².